The smallest absolute Gasteiger partial charge is 0.231 e. The van der Waals surface area contributed by atoms with Crippen molar-refractivity contribution in [3.05, 3.63) is 23.3 Å². The van der Waals surface area contributed by atoms with Crippen molar-refractivity contribution < 1.29 is 19.0 Å². The van der Waals surface area contributed by atoms with Crippen molar-refractivity contribution in [2.24, 2.45) is 5.92 Å². The third-order valence-electron chi connectivity index (χ3n) is 6.32. The maximum absolute atomic E-state index is 12.9. The molecule has 1 aromatic rings. The van der Waals surface area contributed by atoms with Gasteiger partial charge in [-0.1, -0.05) is 6.42 Å². The molecule has 3 heterocycles. The lowest BCUT2D eigenvalue weighted by Crippen LogP contribution is -2.38. The molecule has 1 atom stereocenters. The second-order valence-electron chi connectivity index (χ2n) is 8.62. The number of aryl methyl sites for hydroxylation is 1. The summed E-state index contributed by atoms with van der Waals surface area (Å²) in [5.74, 6) is 2.14. The number of hydrogen-bond donors (Lipinski definition) is 0. The zero-order chi connectivity index (χ0) is 20.1. The number of carbonyl (C=O) groups is 1. The van der Waals surface area contributed by atoms with Gasteiger partial charge in [0.2, 0.25) is 12.7 Å². The van der Waals surface area contributed by atoms with Crippen LogP contribution < -0.4 is 9.47 Å². The number of fused-ring (bicyclic) bond motifs is 2. The fourth-order valence-corrected chi connectivity index (χ4v) is 4.57. The Bertz CT molecular complexity index is 702. The minimum atomic E-state index is 0.0766. The summed E-state index contributed by atoms with van der Waals surface area (Å²) in [4.78, 5) is 17.4. The summed E-state index contributed by atoms with van der Waals surface area (Å²) in [5, 5.41) is 0. The number of carbonyl (C=O) groups excluding carboxylic acids is 1. The molecular weight excluding hydrogens is 368 g/mol. The zero-order valence-corrected chi connectivity index (χ0v) is 17.7. The second-order valence-corrected chi connectivity index (χ2v) is 8.62. The molecule has 0 spiro atoms. The average Bonchev–Trinajstić information content (AvgIpc) is 3.40. The highest BCUT2D eigenvalue weighted by atomic mass is 16.7. The van der Waals surface area contributed by atoms with Crippen LogP contribution in [0.1, 0.15) is 49.7 Å². The fraction of sp³-hybridized carbons (Fsp3) is 0.696. The first kappa shape index (κ1) is 20.5. The third kappa shape index (κ3) is 5.23. The van der Waals surface area contributed by atoms with Gasteiger partial charge in [0.15, 0.2) is 11.5 Å². The molecule has 6 heteroatoms. The third-order valence-corrected chi connectivity index (χ3v) is 6.32. The molecule has 0 aliphatic carbocycles. The van der Waals surface area contributed by atoms with E-state index in [4.69, 9.17) is 14.2 Å². The lowest BCUT2D eigenvalue weighted by Gasteiger charge is -2.26. The Kier molecular flexibility index (Phi) is 6.93. The van der Waals surface area contributed by atoms with E-state index in [0.29, 0.717) is 19.3 Å². The van der Waals surface area contributed by atoms with Gasteiger partial charge in [-0.2, -0.15) is 0 Å². The van der Waals surface area contributed by atoms with Crippen LogP contribution in [0.3, 0.4) is 0 Å². The van der Waals surface area contributed by atoms with Crippen LogP contribution in [0, 0.1) is 5.92 Å². The zero-order valence-electron chi connectivity index (χ0n) is 17.7. The van der Waals surface area contributed by atoms with Crippen molar-refractivity contribution in [2.45, 2.75) is 51.5 Å². The Hall–Kier alpha value is -1.79. The Balaban J connectivity index is 1.41. The molecule has 3 aliphatic rings. The first-order valence-electron chi connectivity index (χ1n) is 11.2. The first-order chi connectivity index (χ1) is 14.2. The maximum Gasteiger partial charge on any atom is 0.231 e. The number of nitrogens with zero attached hydrogens (tertiary/aromatic N) is 2. The molecule has 1 aromatic carbocycles. The van der Waals surface area contributed by atoms with Crippen molar-refractivity contribution in [1.82, 2.24) is 9.80 Å². The molecule has 0 bridgehead atoms. The summed E-state index contributed by atoms with van der Waals surface area (Å²) in [6, 6.07) is 4.34. The number of ether oxygens (including phenoxy) is 3. The molecule has 160 valence electrons. The minimum absolute atomic E-state index is 0.0766. The molecule has 6 nitrogen and oxygen atoms in total. The van der Waals surface area contributed by atoms with E-state index < -0.39 is 0 Å². The van der Waals surface area contributed by atoms with Crippen LogP contribution >= 0.6 is 0 Å². The lowest BCUT2D eigenvalue weighted by atomic mass is 9.99. The van der Waals surface area contributed by atoms with Gasteiger partial charge < -0.3 is 24.0 Å². The summed E-state index contributed by atoms with van der Waals surface area (Å²) in [5.41, 5.74) is 2.72. The molecule has 1 unspecified atom stereocenters. The SMILES string of the molecule is CN1CCCCN(C(=O)C2CCOC2)CCCCCc2cc3c(cc2C1)OCO3. The molecule has 0 aromatic heterocycles. The summed E-state index contributed by atoms with van der Waals surface area (Å²) < 4.78 is 16.6. The summed E-state index contributed by atoms with van der Waals surface area (Å²) in [6.07, 6.45) is 7.41. The normalized spacial score (nSPS) is 24.2. The van der Waals surface area contributed by atoms with Crippen molar-refractivity contribution in [3.63, 3.8) is 0 Å². The summed E-state index contributed by atoms with van der Waals surface area (Å²) in [7, 11) is 2.18. The molecule has 1 fully saturated rings. The van der Waals surface area contributed by atoms with Crippen molar-refractivity contribution >= 4 is 5.91 Å². The molecule has 0 N–H and O–H groups in total. The topological polar surface area (TPSA) is 51.2 Å². The van der Waals surface area contributed by atoms with Crippen LogP contribution in [0.5, 0.6) is 11.5 Å². The number of amides is 1. The maximum atomic E-state index is 12.9. The van der Waals surface area contributed by atoms with Crippen molar-refractivity contribution in [2.75, 3.05) is 46.7 Å². The fourth-order valence-electron chi connectivity index (χ4n) is 4.57. The molecule has 0 radical (unpaired) electrons. The van der Waals surface area contributed by atoms with E-state index in [-0.39, 0.29) is 5.92 Å². The predicted molar refractivity (Wildman–Crippen MR) is 111 cm³/mol. The van der Waals surface area contributed by atoms with Gasteiger partial charge in [0.1, 0.15) is 0 Å². The van der Waals surface area contributed by atoms with Crippen molar-refractivity contribution in [1.29, 1.82) is 0 Å². The first-order valence-corrected chi connectivity index (χ1v) is 11.2. The molecule has 1 amide bonds. The molecule has 3 aliphatic heterocycles. The standard InChI is InChI=1S/C23H34N2O4/c1-24-9-5-6-11-25(23(26)19-8-12-27-16-19)10-4-2-3-7-18-13-21-22(29-17-28-21)14-20(18)15-24/h13-14,19H,2-12,15-17H2,1H3. The molecule has 1 saturated heterocycles. The van der Waals surface area contributed by atoms with Gasteiger partial charge in [-0.05, 0) is 75.4 Å². The Morgan fingerprint density at radius 1 is 0.966 bits per heavy atom. The predicted octanol–water partition coefficient (Wildman–Crippen LogP) is 3.22. The van der Waals surface area contributed by atoms with Crippen LogP contribution in [-0.4, -0.2) is 62.4 Å². The lowest BCUT2D eigenvalue weighted by molar-refractivity contribution is -0.135. The minimum Gasteiger partial charge on any atom is -0.454 e. The van der Waals surface area contributed by atoms with E-state index in [1.54, 1.807) is 0 Å². The number of hydrogen-bond acceptors (Lipinski definition) is 5. The van der Waals surface area contributed by atoms with E-state index in [2.05, 4.69) is 29.0 Å². The van der Waals surface area contributed by atoms with Crippen LogP contribution in [0.15, 0.2) is 12.1 Å². The highest BCUT2D eigenvalue weighted by Crippen LogP contribution is 2.36. The monoisotopic (exact) mass is 402 g/mol. The largest absolute Gasteiger partial charge is 0.454 e. The second kappa shape index (κ2) is 9.81. The van der Waals surface area contributed by atoms with E-state index in [1.807, 2.05) is 0 Å². The molecule has 29 heavy (non-hydrogen) atoms. The van der Waals surface area contributed by atoms with Gasteiger partial charge >= 0.3 is 0 Å². The van der Waals surface area contributed by atoms with E-state index in [1.165, 1.54) is 11.1 Å². The quantitative estimate of drug-likeness (QED) is 0.722. The number of benzene rings is 1. The van der Waals surface area contributed by atoms with E-state index >= 15 is 0 Å². The van der Waals surface area contributed by atoms with Gasteiger partial charge in [0.05, 0.1) is 12.5 Å². The average molecular weight is 403 g/mol. The molecule has 0 saturated carbocycles. The van der Waals surface area contributed by atoms with Crippen LogP contribution in [-0.2, 0) is 22.5 Å². The van der Waals surface area contributed by atoms with Crippen molar-refractivity contribution in [3.8, 4) is 11.5 Å². The van der Waals surface area contributed by atoms with Crippen LogP contribution in [0.4, 0.5) is 0 Å². The Morgan fingerprint density at radius 3 is 2.45 bits per heavy atom. The number of rotatable bonds is 1. The summed E-state index contributed by atoms with van der Waals surface area (Å²) >= 11 is 0. The molecular formula is C23H34N2O4. The van der Waals surface area contributed by atoms with Crippen LogP contribution in [0.2, 0.25) is 0 Å². The van der Waals surface area contributed by atoms with Gasteiger partial charge in [-0.15, -0.1) is 0 Å². The van der Waals surface area contributed by atoms with Gasteiger partial charge in [-0.25, -0.2) is 0 Å². The van der Waals surface area contributed by atoms with E-state index in [0.717, 1.165) is 89.2 Å². The van der Waals surface area contributed by atoms with Crippen LogP contribution in [0.25, 0.3) is 0 Å². The summed E-state index contributed by atoms with van der Waals surface area (Å²) in [6.45, 7) is 5.36. The van der Waals surface area contributed by atoms with Gasteiger partial charge in [-0.3, -0.25) is 4.79 Å². The highest BCUT2D eigenvalue weighted by Gasteiger charge is 2.27. The van der Waals surface area contributed by atoms with Gasteiger partial charge in [0, 0.05) is 26.2 Å². The molecule has 4 rings (SSSR count). The Morgan fingerprint density at radius 2 is 1.69 bits per heavy atom. The Labute approximate surface area is 174 Å². The highest BCUT2D eigenvalue weighted by molar-refractivity contribution is 5.79. The van der Waals surface area contributed by atoms with E-state index in [9.17, 15) is 4.79 Å². The van der Waals surface area contributed by atoms with Gasteiger partial charge in [0.25, 0.3) is 0 Å².